The van der Waals surface area contributed by atoms with Gasteiger partial charge < -0.3 is 0 Å². The molecule has 0 fully saturated rings. The fraction of sp³-hybridized carbons (Fsp3) is 0.500. The van der Waals surface area contributed by atoms with Gasteiger partial charge in [0.25, 0.3) is 0 Å². The molecule has 0 aromatic rings. The average molecular weight is 184 g/mol. The molecular weight excluding hydrogens is 170 g/mol. The molecule has 12 heavy (non-hydrogen) atoms. The highest BCUT2D eigenvalue weighted by Gasteiger charge is 1.96. The van der Waals surface area contributed by atoms with Crippen LogP contribution < -0.4 is 0 Å². The fourth-order valence-electron chi connectivity index (χ4n) is 0.658. The number of hydrogen-bond acceptors (Lipinski definition) is 1. The molecule has 0 amide bonds. The van der Waals surface area contributed by atoms with Crippen molar-refractivity contribution in [3.05, 3.63) is 22.3 Å². The summed E-state index contributed by atoms with van der Waals surface area (Å²) in [6.07, 6.45) is 3.42. The Bertz CT molecular complexity index is 243. The second-order valence-electron chi connectivity index (χ2n) is 2.62. The van der Waals surface area contributed by atoms with Crippen molar-refractivity contribution in [2.75, 3.05) is 0 Å². The van der Waals surface area contributed by atoms with Crippen molar-refractivity contribution in [1.82, 2.24) is 0 Å². The Morgan fingerprint density at radius 1 is 1.42 bits per heavy atom. The van der Waals surface area contributed by atoms with E-state index in [9.17, 15) is 0 Å². The molecule has 0 unspecified atom stereocenters. The smallest absolute Gasteiger partial charge is 0.0947 e. The molecule has 0 aromatic heterocycles. The summed E-state index contributed by atoms with van der Waals surface area (Å²) in [6, 6.07) is 2.10. The maximum absolute atomic E-state index is 8.63. The summed E-state index contributed by atoms with van der Waals surface area (Å²) in [5, 5.41) is 9.33. The van der Waals surface area contributed by atoms with Gasteiger partial charge in [0.1, 0.15) is 0 Å². The second-order valence-corrected chi connectivity index (χ2v) is 3.02. The molecule has 0 atom stereocenters. The lowest BCUT2D eigenvalue weighted by Gasteiger charge is -1.97. The van der Waals surface area contributed by atoms with E-state index < -0.39 is 0 Å². The van der Waals surface area contributed by atoms with Crippen LogP contribution in [-0.4, -0.2) is 0 Å². The molecule has 0 aliphatic heterocycles. The van der Waals surface area contributed by atoms with Gasteiger partial charge >= 0.3 is 0 Å². The summed E-state index contributed by atoms with van der Waals surface area (Å²) < 4.78 is 0. The molecule has 0 aliphatic carbocycles. The van der Waals surface area contributed by atoms with Crippen LogP contribution >= 0.6 is 11.6 Å². The van der Waals surface area contributed by atoms with Crippen molar-refractivity contribution in [2.45, 2.75) is 33.6 Å². The largest absolute Gasteiger partial charge is 0.193 e. The summed E-state index contributed by atoms with van der Waals surface area (Å²) in [7, 11) is 0. The van der Waals surface area contributed by atoms with Gasteiger partial charge in [-0.05, 0) is 25.8 Å². The van der Waals surface area contributed by atoms with Crippen molar-refractivity contribution in [3.63, 3.8) is 0 Å². The van der Waals surface area contributed by atoms with Gasteiger partial charge in [-0.2, -0.15) is 5.26 Å². The first-order chi connectivity index (χ1) is 5.65. The van der Waals surface area contributed by atoms with Gasteiger partial charge in [0, 0.05) is 10.6 Å². The van der Waals surface area contributed by atoms with E-state index in [4.69, 9.17) is 16.9 Å². The molecule has 66 valence electrons. The number of nitriles is 1. The Balaban J connectivity index is 4.64. The third-order valence-corrected chi connectivity index (χ3v) is 2.20. The van der Waals surface area contributed by atoms with E-state index in [0.717, 1.165) is 24.0 Å². The van der Waals surface area contributed by atoms with Crippen molar-refractivity contribution in [3.8, 4) is 6.07 Å². The normalized spacial score (nSPS) is 13.8. The standard InChI is InChI=1S/C10H14ClN/c1-4-8(3)10(11)6-9(5-2)7-12/h6H,4-5H2,1-3H3/b9-6+,10-8+. The van der Waals surface area contributed by atoms with E-state index in [1.807, 2.05) is 20.8 Å². The summed E-state index contributed by atoms with van der Waals surface area (Å²) in [5.74, 6) is 0. The molecule has 0 aliphatic rings. The van der Waals surface area contributed by atoms with Gasteiger partial charge in [0.2, 0.25) is 0 Å². The minimum atomic E-state index is 0.705. The third-order valence-electron chi connectivity index (χ3n) is 1.76. The topological polar surface area (TPSA) is 23.8 Å². The van der Waals surface area contributed by atoms with Gasteiger partial charge in [-0.25, -0.2) is 0 Å². The van der Waals surface area contributed by atoms with Crippen LogP contribution in [0.5, 0.6) is 0 Å². The Labute approximate surface area is 79.3 Å². The number of nitrogens with zero attached hydrogens (tertiary/aromatic N) is 1. The van der Waals surface area contributed by atoms with Crippen LogP contribution in [0.25, 0.3) is 0 Å². The Kier molecular flexibility index (Phi) is 5.49. The van der Waals surface area contributed by atoms with Crippen LogP contribution in [0.15, 0.2) is 22.3 Å². The van der Waals surface area contributed by atoms with Crippen LogP contribution in [0.3, 0.4) is 0 Å². The van der Waals surface area contributed by atoms with Gasteiger partial charge in [-0.1, -0.05) is 31.0 Å². The lowest BCUT2D eigenvalue weighted by molar-refractivity contribution is 1.09. The van der Waals surface area contributed by atoms with Crippen LogP contribution in [-0.2, 0) is 0 Å². The first-order valence-corrected chi connectivity index (χ1v) is 4.49. The first kappa shape index (κ1) is 11.3. The molecule has 0 heterocycles. The van der Waals surface area contributed by atoms with Gasteiger partial charge in [0.05, 0.1) is 6.07 Å². The molecule has 2 heteroatoms. The minimum absolute atomic E-state index is 0.705. The van der Waals surface area contributed by atoms with E-state index in [2.05, 4.69) is 6.07 Å². The van der Waals surface area contributed by atoms with E-state index in [1.54, 1.807) is 6.08 Å². The zero-order valence-corrected chi connectivity index (χ0v) is 8.57. The molecule has 0 saturated heterocycles. The predicted octanol–water partition coefficient (Wildman–Crippen LogP) is 3.77. The van der Waals surface area contributed by atoms with Gasteiger partial charge in [0.15, 0.2) is 0 Å². The van der Waals surface area contributed by atoms with Gasteiger partial charge in [-0.3, -0.25) is 0 Å². The highest BCUT2D eigenvalue weighted by atomic mass is 35.5. The maximum atomic E-state index is 8.63. The second kappa shape index (κ2) is 5.85. The van der Waals surface area contributed by atoms with Crippen molar-refractivity contribution >= 4 is 11.6 Å². The fourth-order valence-corrected chi connectivity index (χ4v) is 0.924. The number of hydrogen-bond donors (Lipinski definition) is 0. The first-order valence-electron chi connectivity index (χ1n) is 4.11. The molecular formula is C10H14ClN. The van der Waals surface area contributed by atoms with Crippen LogP contribution in [0, 0.1) is 11.3 Å². The lowest BCUT2D eigenvalue weighted by Crippen LogP contribution is -1.79. The molecule has 0 radical (unpaired) electrons. The van der Waals surface area contributed by atoms with Crippen LogP contribution in [0.1, 0.15) is 33.6 Å². The summed E-state index contributed by atoms with van der Waals surface area (Å²) in [4.78, 5) is 0. The molecule has 0 saturated carbocycles. The highest BCUT2D eigenvalue weighted by Crippen LogP contribution is 2.16. The van der Waals surface area contributed by atoms with Gasteiger partial charge in [-0.15, -0.1) is 0 Å². The van der Waals surface area contributed by atoms with E-state index in [0.29, 0.717) is 5.03 Å². The maximum Gasteiger partial charge on any atom is 0.0947 e. The zero-order valence-electron chi connectivity index (χ0n) is 7.82. The number of allylic oxidation sites excluding steroid dienone is 4. The van der Waals surface area contributed by atoms with E-state index >= 15 is 0 Å². The minimum Gasteiger partial charge on any atom is -0.193 e. The lowest BCUT2D eigenvalue weighted by atomic mass is 10.1. The predicted molar refractivity (Wildman–Crippen MR) is 52.8 cm³/mol. The number of halogens is 1. The number of rotatable bonds is 3. The molecule has 0 rings (SSSR count). The Morgan fingerprint density at radius 2 is 2.00 bits per heavy atom. The average Bonchev–Trinajstić information content (AvgIpc) is 2.12. The van der Waals surface area contributed by atoms with Crippen LogP contribution in [0.2, 0.25) is 0 Å². The van der Waals surface area contributed by atoms with Crippen molar-refractivity contribution < 1.29 is 0 Å². The molecule has 0 spiro atoms. The zero-order chi connectivity index (χ0) is 9.56. The molecule has 1 nitrogen and oxygen atoms in total. The summed E-state index contributed by atoms with van der Waals surface area (Å²) >= 11 is 5.94. The quantitative estimate of drug-likeness (QED) is 0.483. The Morgan fingerprint density at radius 3 is 2.33 bits per heavy atom. The molecule has 0 N–H and O–H groups in total. The summed E-state index contributed by atoms with van der Waals surface area (Å²) in [5.41, 5.74) is 1.85. The molecule has 0 bridgehead atoms. The molecule has 0 aromatic carbocycles. The van der Waals surface area contributed by atoms with Crippen molar-refractivity contribution in [1.29, 1.82) is 5.26 Å². The highest BCUT2D eigenvalue weighted by molar-refractivity contribution is 6.31. The summed E-state index contributed by atoms with van der Waals surface area (Å²) in [6.45, 7) is 5.97. The Hall–Kier alpha value is -0.740. The van der Waals surface area contributed by atoms with E-state index in [1.165, 1.54) is 0 Å². The van der Waals surface area contributed by atoms with E-state index in [-0.39, 0.29) is 0 Å². The van der Waals surface area contributed by atoms with Crippen molar-refractivity contribution in [2.24, 2.45) is 0 Å². The third kappa shape index (κ3) is 3.59. The van der Waals surface area contributed by atoms with Crippen LogP contribution in [0.4, 0.5) is 0 Å². The monoisotopic (exact) mass is 183 g/mol. The SMILES string of the molecule is CC/C(C#N)=C\C(Cl)=C(\C)CC.